The van der Waals surface area contributed by atoms with Gasteiger partial charge in [-0.3, -0.25) is 0 Å². The summed E-state index contributed by atoms with van der Waals surface area (Å²) in [5, 5.41) is 12.6. The Bertz CT molecular complexity index is 525. The summed E-state index contributed by atoms with van der Waals surface area (Å²) in [6, 6.07) is 9.36. The predicted octanol–water partition coefficient (Wildman–Crippen LogP) is 2.56. The summed E-state index contributed by atoms with van der Waals surface area (Å²) in [7, 11) is 0. The highest BCUT2D eigenvalue weighted by Crippen LogP contribution is 2.27. The highest BCUT2D eigenvalue weighted by molar-refractivity contribution is 9.10. The Morgan fingerprint density at radius 3 is 2.60 bits per heavy atom. The molecule has 0 bridgehead atoms. The molecule has 0 aliphatic rings. The number of nitriles is 1. The molecule has 0 fully saturated rings. The van der Waals surface area contributed by atoms with Crippen molar-refractivity contribution in [2.45, 2.75) is 0 Å². The largest absolute Gasteiger partial charge is 0.366 e. The van der Waals surface area contributed by atoms with Gasteiger partial charge in [0.25, 0.3) is 0 Å². The monoisotopic (exact) mass is 263 g/mol. The second-order valence-electron chi connectivity index (χ2n) is 2.89. The van der Waals surface area contributed by atoms with Crippen LogP contribution in [0.25, 0.3) is 11.3 Å². The first-order chi connectivity index (χ1) is 7.22. The van der Waals surface area contributed by atoms with Crippen LogP contribution >= 0.6 is 15.9 Å². The van der Waals surface area contributed by atoms with Crippen molar-refractivity contribution >= 4 is 21.8 Å². The molecule has 0 aliphatic carbocycles. The fraction of sp³-hybridized carbons (Fsp3) is 0. The van der Waals surface area contributed by atoms with E-state index in [1.54, 1.807) is 0 Å². The average Bonchev–Trinajstić information content (AvgIpc) is 2.61. The Labute approximate surface area is 94.4 Å². The molecule has 5 heteroatoms. The maximum atomic E-state index is 8.86. The number of nitrogen functional groups attached to an aromatic ring is 1. The van der Waals surface area contributed by atoms with Gasteiger partial charge in [-0.25, -0.2) is 0 Å². The van der Waals surface area contributed by atoms with Gasteiger partial charge in [0.2, 0.25) is 5.88 Å². The normalized spacial score (nSPS) is 9.87. The van der Waals surface area contributed by atoms with Gasteiger partial charge in [-0.2, -0.15) is 5.26 Å². The fourth-order valence-electron chi connectivity index (χ4n) is 1.22. The van der Waals surface area contributed by atoms with Crippen molar-refractivity contribution in [3.63, 3.8) is 0 Å². The number of anilines is 1. The van der Waals surface area contributed by atoms with Crippen LogP contribution in [0.3, 0.4) is 0 Å². The number of benzene rings is 1. The van der Waals surface area contributed by atoms with E-state index < -0.39 is 0 Å². The minimum atomic E-state index is 0.0513. The molecule has 2 rings (SSSR count). The molecule has 1 aromatic heterocycles. The Balaban J connectivity index is 2.55. The second kappa shape index (κ2) is 3.75. The number of nitrogens with zero attached hydrogens (tertiary/aromatic N) is 2. The van der Waals surface area contributed by atoms with E-state index in [1.807, 2.05) is 30.3 Å². The third kappa shape index (κ3) is 1.72. The van der Waals surface area contributed by atoms with Crippen LogP contribution in [0, 0.1) is 11.3 Å². The molecule has 0 aliphatic heterocycles. The van der Waals surface area contributed by atoms with E-state index in [9.17, 15) is 0 Å². The zero-order valence-corrected chi connectivity index (χ0v) is 9.15. The molecule has 74 valence electrons. The molecule has 2 N–H and O–H groups in total. The topological polar surface area (TPSA) is 75.8 Å². The smallest absolute Gasteiger partial charge is 0.240 e. The molecular weight excluding hydrogens is 258 g/mol. The Kier molecular flexibility index (Phi) is 2.44. The van der Waals surface area contributed by atoms with Crippen LogP contribution < -0.4 is 5.73 Å². The first-order valence-electron chi connectivity index (χ1n) is 4.13. The van der Waals surface area contributed by atoms with Crippen molar-refractivity contribution < 1.29 is 4.52 Å². The highest BCUT2D eigenvalue weighted by Gasteiger charge is 2.14. The Morgan fingerprint density at radius 2 is 2.00 bits per heavy atom. The zero-order valence-electron chi connectivity index (χ0n) is 7.57. The molecule has 1 heterocycles. The second-order valence-corrected chi connectivity index (χ2v) is 3.80. The lowest BCUT2D eigenvalue weighted by molar-refractivity contribution is 0.439. The SMILES string of the molecule is N#Cc1c(-c2ccc(Br)cc2)noc1N. The minimum absolute atomic E-state index is 0.0513. The molecule has 15 heavy (non-hydrogen) atoms. The highest BCUT2D eigenvalue weighted by atomic mass is 79.9. The van der Waals surface area contributed by atoms with E-state index in [1.165, 1.54) is 0 Å². The van der Waals surface area contributed by atoms with Crippen molar-refractivity contribution in [1.82, 2.24) is 5.16 Å². The number of aromatic nitrogens is 1. The molecule has 2 aromatic rings. The predicted molar refractivity (Wildman–Crippen MR) is 58.8 cm³/mol. The van der Waals surface area contributed by atoms with Gasteiger partial charge in [0.05, 0.1) is 0 Å². The van der Waals surface area contributed by atoms with Gasteiger partial charge in [-0.1, -0.05) is 33.2 Å². The lowest BCUT2D eigenvalue weighted by Crippen LogP contribution is -1.86. The van der Waals surface area contributed by atoms with Gasteiger partial charge in [0.15, 0.2) is 0 Å². The summed E-state index contributed by atoms with van der Waals surface area (Å²) in [6.45, 7) is 0. The number of nitrogens with two attached hydrogens (primary N) is 1. The van der Waals surface area contributed by atoms with Gasteiger partial charge in [-0.05, 0) is 12.1 Å². The fourth-order valence-corrected chi connectivity index (χ4v) is 1.48. The zero-order chi connectivity index (χ0) is 10.8. The summed E-state index contributed by atoms with van der Waals surface area (Å²) < 4.78 is 5.72. The molecule has 4 nitrogen and oxygen atoms in total. The lowest BCUT2D eigenvalue weighted by Gasteiger charge is -1.95. The van der Waals surface area contributed by atoms with E-state index in [-0.39, 0.29) is 11.4 Å². The molecule has 0 amide bonds. The van der Waals surface area contributed by atoms with Crippen LogP contribution in [0.2, 0.25) is 0 Å². The van der Waals surface area contributed by atoms with E-state index in [0.717, 1.165) is 10.0 Å². The summed E-state index contributed by atoms with van der Waals surface area (Å²) in [5.41, 5.74) is 7.01. The first kappa shape index (κ1) is 9.74. The molecule has 1 aromatic carbocycles. The standard InChI is InChI=1S/C10H6BrN3O/c11-7-3-1-6(2-4-7)9-8(5-12)10(13)15-14-9/h1-4H,13H2. The number of halogens is 1. The maximum Gasteiger partial charge on any atom is 0.240 e. The van der Waals surface area contributed by atoms with Crippen LogP contribution in [0.5, 0.6) is 0 Å². The van der Waals surface area contributed by atoms with Crippen LogP contribution in [0.4, 0.5) is 5.88 Å². The van der Waals surface area contributed by atoms with E-state index >= 15 is 0 Å². The van der Waals surface area contributed by atoms with Gasteiger partial charge in [-0.15, -0.1) is 0 Å². The minimum Gasteiger partial charge on any atom is -0.366 e. The van der Waals surface area contributed by atoms with Crippen molar-refractivity contribution in [2.24, 2.45) is 0 Å². The molecule has 0 unspecified atom stereocenters. The Morgan fingerprint density at radius 1 is 1.33 bits per heavy atom. The van der Waals surface area contributed by atoms with Gasteiger partial charge >= 0.3 is 0 Å². The molecular formula is C10H6BrN3O. The van der Waals surface area contributed by atoms with E-state index in [2.05, 4.69) is 21.1 Å². The molecule has 0 saturated heterocycles. The van der Waals surface area contributed by atoms with Crippen LogP contribution in [-0.4, -0.2) is 5.16 Å². The number of rotatable bonds is 1. The third-order valence-corrected chi connectivity index (χ3v) is 2.48. The van der Waals surface area contributed by atoms with Crippen LogP contribution in [-0.2, 0) is 0 Å². The van der Waals surface area contributed by atoms with Crippen molar-refractivity contribution in [3.8, 4) is 17.3 Å². The molecule has 0 spiro atoms. The van der Waals surface area contributed by atoms with Gasteiger partial charge in [0, 0.05) is 10.0 Å². The van der Waals surface area contributed by atoms with E-state index in [0.29, 0.717) is 5.69 Å². The Hall–Kier alpha value is -1.80. The quantitative estimate of drug-likeness (QED) is 0.858. The van der Waals surface area contributed by atoms with Gasteiger partial charge < -0.3 is 10.3 Å². The summed E-state index contributed by atoms with van der Waals surface area (Å²) in [5.74, 6) is 0.0513. The number of hydrogen-bond donors (Lipinski definition) is 1. The summed E-state index contributed by atoms with van der Waals surface area (Å²) in [4.78, 5) is 0. The van der Waals surface area contributed by atoms with Crippen molar-refractivity contribution in [3.05, 3.63) is 34.3 Å². The van der Waals surface area contributed by atoms with Gasteiger partial charge in [0.1, 0.15) is 17.3 Å². The first-order valence-corrected chi connectivity index (χ1v) is 4.93. The van der Waals surface area contributed by atoms with E-state index in [4.69, 9.17) is 15.5 Å². The summed E-state index contributed by atoms with van der Waals surface area (Å²) in [6.07, 6.45) is 0. The third-order valence-electron chi connectivity index (χ3n) is 1.95. The molecule has 0 radical (unpaired) electrons. The average molecular weight is 264 g/mol. The van der Waals surface area contributed by atoms with Crippen molar-refractivity contribution in [1.29, 1.82) is 5.26 Å². The lowest BCUT2D eigenvalue weighted by atomic mass is 10.1. The maximum absolute atomic E-state index is 8.86. The molecule has 0 saturated carbocycles. The van der Waals surface area contributed by atoms with Crippen LogP contribution in [0.1, 0.15) is 5.56 Å². The summed E-state index contributed by atoms with van der Waals surface area (Å²) >= 11 is 3.33. The van der Waals surface area contributed by atoms with Crippen LogP contribution in [0.15, 0.2) is 33.3 Å². The number of hydrogen-bond acceptors (Lipinski definition) is 4. The van der Waals surface area contributed by atoms with Crippen molar-refractivity contribution in [2.75, 3.05) is 5.73 Å². The molecule has 0 atom stereocenters.